The first-order valence-corrected chi connectivity index (χ1v) is 4.36. The van der Waals surface area contributed by atoms with Crippen LogP contribution >= 0.6 is 0 Å². The van der Waals surface area contributed by atoms with E-state index in [2.05, 4.69) is 29.0 Å². The Morgan fingerprint density at radius 1 is 1.67 bits per heavy atom. The van der Waals surface area contributed by atoms with Gasteiger partial charge in [0.2, 0.25) is 0 Å². The first-order chi connectivity index (χ1) is 5.75. The SMILES string of the molecule is CCCC(C)C(N)c1ncn[nH]1. The second-order valence-electron chi connectivity index (χ2n) is 3.16. The molecule has 4 nitrogen and oxygen atoms in total. The molecule has 0 fully saturated rings. The summed E-state index contributed by atoms with van der Waals surface area (Å²) in [4.78, 5) is 4.03. The van der Waals surface area contributed by atoms with Crippen LogP contribution in [0.15, 0.2) is 6.33 Å². The summed E-state index contributed by atoms with van der Waals surface area (Å²) < 4.78 is 0. The molecule has 0 aromatic carbocycles. The number of hydrogen-bond donors (Lipinski definition) is 2. The van der Waals surface area contributed by atoms with Crippen LogP contribution in [-0.4, -0.2) is 15.2 Å². The standard InChI is InChI=1S/C8H16N4/c1-3-4-6(2)7(9)8-10-5-11-12-8/h5-7H,3-4,9H2,1-2H3,(H,10,11,12). The van der Waals surface area contributed by atoms with E-state index in [9.17, 15) is 0 Å². The van der Waals surface area contributed by atoms with Crippen molar-refractivity contribution in [3.63, 3.8) is 0 Å². The molecule has 0 spiro atoms. The van der Waals surface area contributed by atoms with Gasteiger partial charge in [-0.1, -0.05) is 20.3 Å². The van der Waals surface area contributed by atoms with Gasteiger partial charge in [-0.3, -0.25) is 5.10 Å². The minimum atomic E-state index is -0.00699. The number of nitrogens with one attached hydrogen (secondary N) is 1. The zero-order valence-electron chi connectivity index (χ0n) is 7.62. The molecule has 0 aliphatic heterocycles. The Bertz CT molecular complexity index is 207. The monoisotopic (exact) mass is 168 g/mol. The number of hydrogen-bond acceptors (Lipinski definition) is 3. The lowest BCUT2D eigenvalue weighted by atomic mass is 9.97. The Morgan fingerprint density at radius 3 is 2.92 bits per heavy atom. The molecule has 0 saturated heterocycles. The molecule has 68 valence electrons. The van der Waals surface area contributed by atoms with Crippen LogP contribution in [0.3, 0.4) is 0 Å². The maximum atomic E-state index is 5.94. The molecule has 0 radical (unpaired) electrons. The minimum Gasteiger partial charge on any atom is -0.321 e. The summed E-state index contributed by atoms with van der Waals surface area (Å²) in [5, 5.41) is 6.56. The van der Waals surface area contributed by atoms with E-state index in [-0.39, 0.29) is 6.04 Å². The van der Waals surface area contributed by atoms with Crippen molar-refractivity contribution in [1.82, 2.24) is 15.2 Å². The van der Waals surface area contributed by atoms with Crippen LogP contribution in [0.25, 0.3) is 0 Å². The van der Waals surface area contributed by atoms with Crippen molar-refractivity contribution in [2.75, 3.05) is 0 Å². The molecule has 1 heterocycles. The Morgan fingerprint density at radius 2 is 2.42 bits per heavy atom. The Balaban J connectivity index is 2.53. The van der Waals surface area contributed by atoms with Gasteiger partial charge in [-0.15, -0.1) is 0 Å². The van der Waals surface area contributed by atoms with Crippen molar-refractivity contribution < 1.29 is 0 Å². The van der Waals surface area contributed by atoms with Crippen molar-refractivity contribution in [3.05, 3.63) is 12.2 Å². The number of nitrogens with zero attached hydrogens (tertiary/aromatic N) is 2. The van der Waals surface area contributed by atoms with Gasteiger partial charge in [-0.05, 0) is 12.3 Å². The highest BCUT2D eigenvalue weighted by Crippen LogP contribution is 2.19. The highest BCUT2D eigenvalue weighted by atomic mass is 15.2. The molecule has 0 bridgehead atoms. The van der Waals surface area contributed by atoms with Gasteiger partial charge in [0.25, 0.3) is 0 Å². The molecule has 0 aliphatic carbocycles. The smallest absolute Gasteiger partial charge is 0.141 e. The van der Waals surface area contributed by atoms with Crippen LogP contribution in [0.4, 0.5) is 0 Å². The van der Waals surface area contributed by atoms with Crippen LogP contribution in [0, 0.1) is 5.92 Å². The lowest BCUT2D eigenvalue weighted by Crippen LogP contribution is -2.20. The Kier molecular flexibility index (Phi) is 3.22. The normalized spacial score (nSPS) is 15.9. The van der Waals surface area contributed by atoms with E-state index < -0.39 is 0 Å². The number of H-pyrrole nitrogens is 1. The van der Waals surface area contributed by atoms with E-state index in [1.807, 2.05) is 0 Å². The second-order valence-corrected chi connectivity index (χ2v) is 3.16. The summed E-state index contributed by atoms with van der Waals surface area (Å²) >= 11 is 0. The van der Waals surface area contributed by atoms with E-state index >= 15 is 0 Å². The van der Waals surface area contributed by atoms with E-state index in [1.54, 1.807) is 0 Å². The molecule has 3 N–H and O–H groups in total. The van der Waals surface area contributed by atoms with Gasteiger partial charge in [-0.25, -0.2) is 4.98 Å². The number of nitrogens with two attached hydrogens (primary N) is 1. The van der Waals surface area contributed by atoms with E-state index in [0.717, 1.165) is 18.7 Å². The third kappa shape index (κ3) is 2.04. The van der Waals surface area contributed by atoms with E-state index in [0.29, 0.717) is 5.92 Å². The summed E-state index contributed by atoms with van der Waals surface area (Å²) in [5.74, 6) is 1.25. The summed E-state index contributed by atoms with van der Waals surface area (Å²) in [6, 6.07) is -0.00699. The molecule has 2 atom stereocenters. The fourth-order valence-electron chi connectivity index (χ4n) is 1.28. The van der Waals surface area contributed by atoms with Gasteiger partial charge in [0.1, 0.15) is 12.2 Å². The fourth-order valence-corrected chi connectivity index (χ4v) is 1.28. The van der Waals surface area contributed by atoms with Gasteiger partial charge < -0.3 is 5.73 Å². The topological polar surface area (TPSA) is 67.6 Å². The van der Waals surface area contributed by atoms with Gasteiger partial charge >= 0.3 is 0 Å². The number of aromatic amines is 1. The third-order valence-electron chi connectivity index (χ3n) is 2.11. The van der Waals surface area contributed by atoms with Gasteiger partial charge in [-0.2, -0.15) is 5.10 Å². The van der Waals surface area contributed by atoms with Gasteiger partial charge in [0.05, 0.1) is 6.04 Å². The second kappa shape index (κ2) is 4.21. The molecule has 1 aromatic rings. The first-order valence-electron chi connectivity index (χ1n) is 4.36. The lowest BCUT2D eigenvalue weighted by molar-refractivity contribution is 0.419. The quantitative estimate of drug-likeness (QED) is 0.710. The summed E-state index contributed by atoms with van der Waals surface area (Å²) in [6.07, 6.45) is 3.78. The molecular weight excluding hydrogens is 152 g/mol. The summed E-state index contributed by atoms with van der Waals surface area (Å²) in [5.41, 5.74) is 5.94. The minimum absolute atomic E-state index is 0.00699. The van der Waals surface area contributed by atoms with Crippen LogP contribution in [-0.2, 0) is 0 Å². The third-order valence-corrected chi connectivity index (χ3v) is 2.11. The summed E-state index contributed by atoms with van der Waals surface area (Å²) in [6.45, 7) is 4.29. The Labute approximate surface area is 72.6 Å². The van der Waals surface area contributed by atoms with Crippen LogP contribution in [0.5, 0.6) is 0 Å². The maximum Gasteiger partial charge on any atom is 0.141 e. The molecule has 4 heteroatoms. The van der Waals surface area contributed by atoms with Crippen LogP contribution in [0.1, 0.15) is 38.6 Å². The molecule has 1 aromatic heterocycles. The fraction of sp³-hybridized carbons (Fsp3) is 0.750. The maximum absolute atomic E-state index is 5.94. The van der Waals surface area contributed by atoms with Gasteiger partial charge in [0.15, 0.2) is 0 Å². The highest BCUT2D eigenvalue weighted by Gasteiger charge is 2.15. The largest absolute Gasteiger partial charge is 0.321 e. The molecule has 1 rings (SSSR count). The van der Waals surface area contributed by atoms with Crippen molar-refractivity contribution >= 4 is 0 Å². The van der Waals surface area contributed by atoms with Crippen LogP contribution in [0.2, 0.25) is 0 Å². The van der Waals surface area contributed by atoms with Crippen LogP contribution < -0.4 is 5.73 Å². The predicted molar refractivity (Wildman–Crippen MR) is 47.4 cm³/mol. The van der Waals surface area contributed by atoms with E-state index in [4.69, 9.17) is 5.73 Å². The molecule has 2 unspecified atom stereocenters. The van der Waals surface area contributed by atoms with Crippen molar-refractivity contribution in [3.8, 4) is 0 Å². The molecule has 0 saturated carbocycles. The van der Waals surface area contributed by atoms with E-state index in [1.165, 1.54) is 6.33 Å². The average molecular weight is 168 g/mol. The van der Waals surface area contributed by atoms with Crippen molar-refractivity contribution in [2.45, 2.75) is 32.7 Å². The predicted octanol–water partition coefficient (Wildman–Crippen LogP) is 1.24. The highest BCUT2D eigenvalue weighted by molar-refractivity contribution is 4.91. The Hall–Kier alpha value is -0.900. The number of aromatic nitrogens is 3. The van der Waals surface area contributed by atoms with Crippen molar-refractivity contribution in [1.29, 1.82) is 0 Å². The molecule has 12 heavy (non-hydrogen) atoms. The first kappa shape index (κ1) is 9.19. The average Bonchev–Trinajstić information content (AvgIpc) is 2.55. The zero-order valence-corrected chi connectivity index (χ0v) is 7.62. The lowest BCUT2D eigenvalue weighted by Gasteiger charge is -2.15. The van der Waals surface area contributed by atoms with Crippen molar-refractivity contribution in [2.24, 2.45) is 11.7 Å². The molecular formula is C8H16N4. The number of rotatable bonds is 4. The van der Waals surface area contributed by atoms with Gasteiger partial charge in [0, 0.05) is 0 Å². The summed E-state index contributed by atoms with van der Waals surface area (Å²) in [7, 11) is 0. The molecule has 0 amide bonds. The molecule has 0 aliphatic rings. The zero-order chi connectivity index (χ0) is 8.97.